The van der Waals surface area contributed by atoms with Gasteiger partial charge < -0.3 is 14.8 Å². The second-order valence-electron chi connectivity index (χ2n) is 5.95. The van der Waals surface area contributed by atoms with Gasteiger partial charge in [0.15, 0.2) is 0 Å². The van der Waals surface area contributed by atoms with Gasteiger partial charge in [-0.25, -0.2) is 9.48 Å². The first kappa shape index (κ1) is 15.5. The summed E-state index contributed by atoms with van der Waals surface area (Å²) in [6, 6.07) is 9.30. The molecule has 0 spiro atoms. The number of aryl methyl sites for hydroxylation is 1. The van der Waals surface area contributed by atoms with Gasteiger partial charge in [-0.1, -0.05) is 18.2 Å². The van der Waals surface area contributed by atoms with E-state index in [1.807, 2.05) is 30.3 Å². The molecule has 1 fully saturated rings. The Morgan fingerprint density at radius 3 is 3.00 bits per heavy atom. The average Bonchev–Trinajstić information content (AvgIpc) is 3.24. The molecule has 130 valence electrons. The molecule has 1 unspecified atom stereocenters. The first-order valence-corrected chi connectivity index (χ1v) is 8.22. The molecular weight excluding hydrogens is 324 g/mol. The molecular formula is C17H18N4O4. The van der Waals surface area contributed by atoms with E-state index in [4.69, 9.17) is 9.47 Å². The van der Waals surface area contributed by atoms with Crippen LogP contribution in [0.1, 0.15) is 16.8 Å². The number of amides is 2. The van der Waals surface area contributed by atoms with E-state index in [1.165, 1.54) is 6.20 Å². The quantitative estimate of drug-likeness (QED) is 0.908. The Morgan fingerprint density at radius 2 is 2.16 bits per heavy atom. The zero-order chi connectivity index (χ0) is 17.2. The summed E-state index contributed by atoms with van der Waals surface area (Å²) in [5.74, 6) is 0.218. The molecule has 4 rings (SSSR count). The average molecular weight is 342 g/mol. The number of para-hydroxylation sites is 1. The van der Waals surface area contributed by atoms with Gasteiger partial charge >= 0.3 is 6.09 Å². The van der Waals surface area contributed by atoms with Crippen molar-refractivity contribution in [3.63, 3.8) is 0 Å². The molecule has 0 bridgehead atoms. The van der Waals surface area contributed by atoms with Crippen molar-refractivity contribution in [2.45, 2.75) is 19.1 Å². The maximum Gasteiger partial charge on any atom is 0.414 e. The van der Waals surface area contributed by atoms with Crippen molar-refractivity contribution in [2.75, 3.05) is 24.6 Å². The van der Waals surface area contributed by atoms with Gasteiger partial charge in [-0.15, -0.1) is 0 Å². The number of carbonyl (C=O) groups is 2. The highest BCUT2D eigenvalue weighted by Gasteiger charge is 2.33. The molecule has 3 heterocycles. The van der Waals surface area contributed by atoms with E-state index in [1.54, 1.807) is 9.58 Å². The fourth-order valence-electron chi connectivity index (χ4n) is 2.97. The maximum atomic E-state index is 12.4. The highest BCUT2D eigenvalue weighted by Crippen LogP contribution is 2.23. The van der Waals surface area contributed by atoms with E-state index in [9.17, 15) is 9.59 Å². The van der Waals surface area contributed by atoms with Gasteiger partial charge in [-0.05, 0) is 12.1 Å². The van der Waals surface area contributed by atoms with Crippen molar-refractivity contribution < 1.29 is 19.1 Å². The number of carbonyl (C=O) groups excluding carboxylic acids is 2. The molecule has 1 N–H and O–H groups in total. The van der Waals surface area contributed by atoms with Crippen LogP contribution >= 0.6 is 0 Å². The van der Waals surface area contributed by atoms with Gasteiger partial charge in [-0.2, -0.15) is 5.10 Å². The van der Waals surface area contributed by atoms with Crippen molar-refractivity contribution in [1.29, 1.82) is 0 Å². The molecule has 1 atom stereocenters. The number of fused-ring (bicyclic) bond motifs is 1. The van der Waals surface area contributed by atoms with Crippen molar-refractivity contribution in [3.05, 3.63) is 42.1 Å². The Bertz CT molecular complexity index is 789. The Labute approximate surface area is 144 Å². The zero-order valence-corrected chi connectivity index (χ0v) is 13.6. The summed E-state index contributed by atoms with van der Waals surface area (Å²) < 4.78 is 12.5. The Balaban J connectivity index is 1.37. The number of cyclic esters (lactones) is 1. The Hall–Kier alpha value is -3.03. The standard InChI is InChI=1S/C17H18N4O4/c22-15(14-10-19-21-7-4-8-24-16(14)21)18-9-13-11-20(17(23)25-13)12-5-2-1-3-6-12/h1-3,5-6,10,13H,4,7-9,11H2,(H,18,22). The number of hydrogen-bond donors (Lipinski definition) is 1. The van der Waals surface area contributed by atoms with E-state index in [0.717, 1.165) is 18.7 Å². The van der Waals surface area contributed by atoms with E-state index in [2.05, 4.69) is 10.4 Å². The fraction of sp³-hybridized carbons (Fsp3) is 0.353. The molecule has 2 aromatic rings. The minimum Gasteiger partial charge on any atom is -0.477 e. The topological polar surface area (TPSA) is 85.7 Å². The van der Waals surface area contributed by atoms with Crippen LogP contribution in [0, 0.1) is 0 Å². The number of rotatable bonds is 4. The van der Waals surface area contributed by atoms with Gasteiger partial charge in [0, 0.05) is 18.7 Å². The van der Waals surface area contributed by atoms with Crippen LogP contribution < -0.4 is 15.0 Å². The first-order valence-electron chi connectivity index (χ1n) is 8.22. The zero-order valence-electron chi connectivity index (χ0n) is 13.6. The molecule has 0 aliphatic carbocycles. The number of nitrogens with zero attached hydrogens (tertiary/aromatic N) is 3. The van der Waals surface area contributed by atoms with Crippen molar-refractivity contribution >= 4 is 17.7 Å². The van der Waals surface area contributed by atoms with E-state index < -0.39 is 12.2 Å². The maximum absolute atomic E-state index is 12.4. The molecule has 2 aliphatic rings. The number of ether oxygens (including phenoxy) is 2. The monoisotopic (exact) mass is 342 g/mol. The van der Waals surface area contributed by atoms with Crippen LogP contribution in [-0.2, 0) is 11.3 Å². The molecule has 1 saturated heterocycles. The second-order valence-corrected chi connectivity index (χ2v) is 5.95. The van der Waals surface area contributed by atoms with E-state index >= 15 is 0 Å². The molecule has 0 radical (unpaired) electrons. The van der Waals surface area contributed by atoms with Crippen LogP contribution in [0.2, 0.25) is 0 Å². The van der Waals surface area contributed by atoms with Crippen LogP contribution in [0.15, 0.2) is 36.5 Å². The van der Waals surface area contributed by atoms with Gasteiger partial charge in [0.25, 0.3) is 5.91 Å². The lowest BCUT2D eigenvalue weighted by atomic mass is 10.2. The fourth-order valence-corrected chi connectivity index (χ4v) is 2.97. The van der Waals surface area contributed by atoms with Crippen LogP contribution in [0.25, 0.3) is 0 Å². The molecule has 8 heteroatoms. The van der Waals surface area contributed by atoms with Gasteiger partial charge in [0.05, 0.1) is 25.9 Å². The van der Waals surface area contributed by atoms with E-state index in [0.29, 0.717) is 24.6 Å². The molecule has 8 nitrogen and oxygen atoms in total. The Morgan fingerprint density at radius 1 is 1.32 bits per heavy atom. The number of benzene rings is 1. The molecule has 0 saturated carbocycles. The third-order valence-electron chi connectivity index (χ3n) is 4.22. The lowest BCUT2D eigenvalue weighted by Crippen LogP contribution is -2.34. The number of nitrogens with one attached hydrogen (secondary N) is 1. The molecule has 25 heavy (non-hydrogen) atoms. The largest absolute Gasteiger partial charge is 0.477 e. The lowest BCUT2D eigenvalue weighted by Gasteiger charge is -2.16. The number of hydrogen-bond acceptors (Lipinski definition) is 5. The Kier molecular flexibility index (Phi) is 4.01. The van der Waals surface area contributed by atoms with E-state index in [-0.39, 0.29) is 12.5 Å². The van der Waals surface area contributed by atoms with Crippen LogP contribution in [0.4, 0.5) is 10.5 Å². The third kappa shape index (κ3) is 3.02. The first-order chi connectivity index (χ1) is 12.2. The highest BCUT2D eigenvalue weighted by molar-refractivity contribution is 5.96. The third-order valence-corrected chi connectivity index (χ3v) is 4.22. The van der Waals surface area contributed by atoms with Crippen molar-refractivity contribution in [3.8, 4) is 5.88 Å². The normalized spacial score (nSPS) is 19.1. The predicted molar refractivity (Wildman–Crippen MR) is 88.7 cm³/mol. The summed E-state index contributed by atoms with van der Waals surface area (Å²) in [7, 11) is 0. The number of anilines is 1. The molecule has 2 aliphatic heterocycles. The summed E-state index contributed by atoms with van der Waals surface area (Å²) in [6.07, 6.45) is 1.58. The van der Waals surface area contributed by atoms with Crippen LogP contribution in [0.5, 0.6) is 5.88 Å². The second kappa shape index (κ2) is 6.46. The molecule has 1 aromatic heterocycles. The minimum absolute atomic E-state index is 0.235. The summed E-state index contributed by atoms with van der Waals surface area (Å²) in [4.78, 5) is 25.9. The van der Waals surface area contributed by atoms with Gasteiger partial charge in [-0.3, -0.25) is 9.69 Å². The smallest absolute Gasteiger partial charge is 0.414 e. The van der Waals surface area contributed by atoms with Crippen molar-refractivity contribution in [2.24, 2.45) is 0 Å². The summed E-state index contributed by atoms with van der Waals surface area (Å²) >= 11 is 0. The number of aromatic nitrogens is 2. The van der Waals surface area contributed by atoms with Gasteiger partial charge in [0.1, 0.15) is 11.7 Å². The van der Waals surface area contributed by atoms with Gasteiger partial charge in [0.2, 0.25) is 5.88 Å². The summed E-state index contributed by atoms with van der Waals surface area (Å²) in [5, 5.41) is 6.95. The summed E-state index contributed by atoms with van der Waals surface area (Å²) in [6.45, 7) is 1.96. The van der Waals surface area contributed by atoms with Crippen molar-refractivity contribution in [1.82, 2.24) is 15.1 Å². The lowest BCUT2D eigenvalue weighted by molar-refractivity contribution is 0.0909. The SMILES string of the molecule is O=C(NCC1CN(c2ccccc2)C(=O)O1)c1cnn2c1OCCC2. The minimum atomic E-state index is -0.406. The predicted octanol–water partition coefficient (Wildman–Crippen LogP) is 1.42. The van der Waals surface area contributed by atoms with Crippen LogP contribution in [0.3, 0.4) is 0 Å². The summed E-state index contributed by atoms with van der Waals surface area (Å²) in [5.41, 5.74) is 1.18. The highest BCUT2D eigenvalue weighted by atomic mass is 16.6. The van der Waals surface area contributed by atoms with Crippen LogP contribution in [-0.4, -0.2) is 47.6 Å². The molecule has 1 aromatic carbocycles. The molecule has 2 amide bonds.